The van der Waals surface area contributed by atoms with Gasteiger partial charge in [0.05, 0.1) is 23.2 Å². The van der Waals surface area contributed by atoms with Gasteiger partial charge in [0.2, 0.25) is 5.91 Å². The first kappa shape index (κ1) is 19.4. The Kier molecular flexibility index (Phi) is 4.98. The summed E-state index contributed by atoms with van der Waals surface area (Å²) in [5.74, 6) is -0.168. The number of hydrogen-bond acceptors (Lipinski definition) is 3. The van der Waals surface area contributed by atoms with Crippen molar-refractivity contribution in [2.45, 2.75) is 31.8 Å². The Labute approximate surface area is 169 Å². The first-order valence-electron chi connectivity index (χ1n) is 9.91. The molecule has 3 amide bonds. The third-order valence-electron chi connectivity index (χ3n) is 6.28. The van der Waals surface area contributed by atoms with E-state index in [2.05, 4.69) is 10.3 Å². The number of benzene rings is 1. The predicted molar refractivity (Wildman–Crippen MR) is 106 cm³/mol. The van der Waals surface area contributed by atoms with Gasteiger partial charge in [-0.1, -0.05) is 18.2 Å². The van der Waals surface area contributed by atoms with Gasteiger partial charge < -0.3 is 15.1 Å². The zero-order valence-electron chi connectivity index (χ0n) is 16.6. The summed E-state index contributed by atoms with van der Waals surface area (Å²) in [5, 5.41) is 2.97. The summed E-state index contributed by atoms with van der Waals surface area (Å²) in [6, 6.07) is 11.5. The maximum Gasteiger partial charge on any atom is 0.317 e. The number of β-lactam (4-membered cyclic amide) rings is 1. The molecule has 1 aromatic heterocycles. The van der Waals surface area contributed by atoms with Crippen molar-refractivity contribution in [3.8, 4) is 0 Å². The monoisotopic (exact) mass is 396 g/mol. The van der Waals surface area contributed by atoms with Crippen molar-refractivity contribution in [1.82, 2.24) is 20.1 Å². The highest BCUT2D eigenvalue weighted by molar-refractivity contribution is 5.90. The third-order valence-corrected chi connectivity index (χ3v) is 6.28. The summed E-state index contributed by atoms with van der Waals surface area (Å²) in [6.07, 6.45) is 2.99. The first-order valence-corrected chi connectivity index (χ1v) is 9.91. The van der Waals surface area contributed by atoms with E-state index in [9.17, 15) is 14.0 Å². The molecule has 2 aromatic rings. The number of rotatable bonds is 3. The van der Waals surface area contributed by atoms with Crippen molar-refractivity contribution in [1.29, 1.82) is 0 Å². The van der Waals surface area contributed by atoms with E-state index in [1.165, 1.54) is 12.1 Å². The van der Waals surface area contributed by atoms with Crippen molar-refractivity contribution in [2.75, 3.05) is 20.1 Å². The Bertz CT molecular complexity index is 895. The van der Waals surface area contributed by atoms with Crippen LogP contribution in [-0.4, -0.2) is 46.9 Å². The Morgan fingerprint density at radius 2 is 1.90 bits per heavy atom. The smallest absolute Gasteiger partial charge is 0.317 e. The van der Waals surface area contributed by atoms with Crippen LogP contribution in [0.4, 0.5) is 9.18 Å². The average Bonchev–Trinajstić information content (AvgIpc) is 2.75. The largest absolute Gasteiger partial charge is 0.335 e. The van der Waals surface area contributed by atoms with Gasteiger partial charge in [-0.2, -0.15) is 0 Å². The van der Waals surface area contributed by atoms with E-state index in [4.69, 9.17) is 0 Å². The molecule has 2 atom stereocenters. The molecule has 2 saturated heterocycles. The SMILES string of the molecule is C[C@H](NC(=O)N1CCC2(CC1)C(=O)N(C)C2c1ccccn1)c1ccc(F)cc1. The van der Waals surface area contributed by atoms with Gasteiger partial charge in [-0.25, -0.2) is 9.18 Å². The minimum Gasteiger partial charge on any atom is -0.335 e. The van der Waals surface area contributed by atoms with Crippen LogP contribution in [0, 0.1) is 11.2 Å². The van der Waals surface area contributed by atoms with Gasteiger partial charge in [0, 0.05) is 26.3 Å². The lowest BCUT2D eigenvalue weighted by Crippen LogP contribution is -2.65. The molecule has 1 unspecified atom stereocenters. The highest BCUT2D eigenvalue weighted by Gasteiger charge is 2.60. The Morgan fingerprint density at radius 1 is 1.21 bits per heavy atom. The van der Waals surface area contributed by atoms with Crippen molar-refractivity contribution in [3.63, 3.8) is 0 Å². The van der Waals surface area contributed by atoms with Gasteiger partial charge in [0.1, 0.15) is 5.82 Å². The van der Waals surface area contributed by atoms with E-state index < -0.39 is 5.41 Å². The molecule has 152 valence electrons. The molecule has 7 heteroatoms. The normalized spacial score (nSPS) is 21.6. The Hall–Kier alpha value is -2.96. The molecule has 1 N–H and O–H groups in total. The quantitative estimate of drug-likeness (QED) is 0.810. The molecular formula is C22H25FN4O2. The van der Waals surface area contributed by atoms with Crippen LogP contribution in [0.25, 0.3) is 0 Å². The number of likely N-dealkylation sites (tertiary alicyclic amines) is 2. The number of carbonyl (C=O) groups is 2. The fourth-order valence-corrected chi connectivity index (χ4v) is 4.62. The number of nitrogens with one attached hydrogen (secondary N) is 1. The van der Waals surface area contributed by atoms with Crippen LogP contribution in [0.5, 0.6) is 0 Å². The van der Waals surface area contributed by atoms with Crippen molar-refractivity contribution < 1.29 is 14.0 Å². The molecule has 29 heavy (non-hydrogen) atoms. The van der Waals surface area contributed by atoms with Gasteiger partial charge >= 0.3 is 6.03 Å². The van der Waals surface area contributed by atoms with Gasteiger partial charge in [-0.15, -0.1) is 0 Å². The van der Waals surface area contributed by atoms with E-state index in [1.807, 2.05) is 32.2 Å². The van der Waals surface area contributed by atoms with Crippen LogP contribution in [0.1, 0.15) is 43.1 Å². The number of carbonyl (C=O) groups excluding carboxylic acids is 2. The molecular weight excluding hydrogens is 371 g/mol. The second-order valence-electron chi connectivity index (χ2n) is 7.94. The van der Waals surface area contributed by atoms with Crippen LogP contribution in [0.15, 0.2) is 48.7 Å². The van der Waals surface area contributed by atoms with Crippen LogP contribution < -0.4 is 5.32 Å². The number of halogens is 1. The maximum absolute atomic E-state index is 13.1. The minimum atomic E-state index is -0.470. The van der Waals surface area contributed by atoms with E-state index in [0.717, 1.165) is 11.3 Å². The zero-order valence-corrected chi connectivity index (χ0v) is 16.6. The number of urea groups is 1. The number of pyridine rings is 1. The van der Waals surface area contributed by atoms with Crippen molar-refractivity contribution in [2.24, 2.45) is 5.41 Å². The molecule has 0 saturated carbocycles. The van der Waals surface area contributed by atoms with E-state index >= 15 is 0 Å². The first-order chi connectivity index (χ1) is 13.9. The third kappa shape index (κ3) is 3.34. The number of nitrogens with zero attached hydrogens (tertiary/aromatic N) is 3. The van der Waals surface area contributed by atoms with Crippen LogP contribution in [0.2, 0.25) is 0 Å². The van der Waals surface area contributed by atoms with Crippen LogP contribution in [0.3, 0.4) is 0 Å². The zero-order chi connectivity index (χ0) is 20.6. The second-order valence-corrected chi connectivity index (χ2v) is 7.94. The molecule has 4 rings (SSSR count). The molecule has 0 aliphatic carbocycles. The lowest BCUT2D eigenvalue weighted by Gasteiger charge is -2.57. The summed E-state index contributed by atoms with van der Waals surface area (Å²) < 4.78 is 13.1. The lowest BCUT2D eigenvalue weighted by atomic mass is 9.63. The molecule has 6 nitrogen and oxygen atoms in total. The summed E-state index contributed by atoms with van der Waals surface area (Å²) in [7, 11) is 1.82. The fourth-order valence-electron chi connectivity index (χ4n) is 4.62. The maximum atomic E-state index is 13.1. The van der Waals surface area contributed by atoms with Crippen LogP contribution >= 0.6 is 0 Å². The van der Waals surface area contributed by atoms with E-state index in [0.29, 0.717) is 25.9 Å². The standard InChI is InChI=1S/C22H25FN4O2/c1-15(16-6-8-17(23)9-7-16)25-21(29)27-13-10-22(11-14-27)19(26(2)20(22)28)18-5-3-4-12-24-18/h3-9,12,15,19H,10-11,13-14H2,1-2H3,(H,25,29)/t15-,19?/m0/s1. The lowest BCUT2D eigenvalue weighted by molar-refractivity contribution is -0.176. The molecule has 1 aromatic carbocycles. The molecule has 2 aliphatic heterocycles. The molecule has 1 spiro atoms. The topological polar surface area (TPSA) is 65.5 Å². The second kappa shape index (κ2) is 7.46. The molecule has 2 fully saturated rings. The fraction of sp³-hybridized carbons (Fsp3) is 0.409. The van der Waals surface area contributed by atoms with E-state index in [-0.39, 0.29) is 29.8 Å². The number of hydrogen-bond donors (Lipinski definition) is 1. The van der Waals surface area contributed by atoms with Gasteiger partial charge in [0.15, 0.2) is 0 Å². The van der Waals surface area contributed by atoms with Gasteiger partial charge in [0.25, 0.3) is 0 Å². The highest BCUT2D eigenvalue weighted by Crippen LogP contribution is 2.54. The number of amides is 3. The Balaban J connectivity index is 1.40. The van der Waals surface area contributed by atoms with E-state index in [1.54, 1.807) is 28.1 Å². The summed E-state index contributed by atoms with van der Waals surface area (Å²) in [5.41, 5.74) is 1.28. The molecule has 3 heterocycles. The summed E-state index contributed by atoms with van der Waals surface area (Å²) >= 11 is 0. The number of piperidine rings is 1. The molecule has 0 bridgehead atoms. The highest BCUT2D eigenvalue weighted by atomic mass is 19.1. The predicted octanol–water partition coefficient (Wildman–Crippen LogP) is 3.29. The van der Waals surface area contributed by atoms with Gasteiger partial charge in [-0.05, 0) is 49.6 Å². The average molecular weight is 396 g/mol. The summed E-state index contributed by atoms with van der Waals surface area (Å²) in [6.45, 7) is 2.91. The van der Waals surface area contributed by atoms with Crippen molar-refractivity contribution >= 4 is 11.9 Å². The minimum absolute atomic E-state index is 0.0421. The van der Waals surface area contributed by atoms with Crippen LogP contribution in [-0.2, 0) is 4.79 Å². The molecule has 0 radical (unpaired) electrons. The summed E-state index contributed by atoms with van der Waals surface area (Å²) in [4.78, 5) is 33.4. The Morgan fingerprint density at radius 3 is 2.52 bits per heavy atom. The molecule has 2 aliphatic rings. The van der Waals surface area contributed by atoms with Crippen molar-refractivity contribution in [3.05, 3.63) is 65.7 Å². The van der Waals surface area contributed by atoms with Gasteiger partial charge in [-0.3, -0.25) is 9.78 Å². The number of aromatic nitrogens is 1.